The number of hydrogen-bond acceptors (Lipinski definition) is 9. The Labute approximate surface area is 305 Å². The third-order valence-corrected chi connectivity index (χ3v) is 11.4. The van der Waals surface area contributed by atoms with Crippen molar-refractivity contribution in [2.24, 2.45) is 0 Å². The number of thiazole rings is 1. The summed E-state index contributed by atoms with van der Waals surface area (Å²) in [6.07, 6.45) is 3.69. The Kier molecular flexibility index (Phi) is 15.0. The molecule has 15 heteroatoms. The topological polar surface area (TPSA) is 151 Å². The Morgan fingerprint density at radius 1 is 0.960 bits per heavy atom. The third kappa shape index (κ3) is 11.0. The zero-order valence-corrected chi connectivity index (χ0v) is 30.3. The molecule has 2 aliphatic rings. The summed E-state index contributed by atoms with van der Waals surface area (Å²) in [4.78, 5) is 56.7. The number of nitrogens with zero attached hydrogens (tertiary/aromatic N) is 2. The Morgan fingerprint density at radius 3 is 2.54 bits per heavy atom. The number of halogens is 1. The lowest BCUT2D eigenvalue weighted by atomic mass is 10.0. The van der Waals surface area contributed by atoms with Gasteiger partial charge in [0, 0.05) is 43.7 Å². The molecule has 3 heterocycles. The maximum absolute atomic E-state index is 13.6. The number of ether oxygens (including phenoxy) is 2. The van der Waals surface area contributed by atoms with Gasteiger partial charge in [-0.15, -0.1) is 22.9 Å². The molecule has 1 unspecified atom stereocenters. The molecule has 0 bridgehead atoms. The van der Waals surface area contributed by atoms with Crippen molar-refractivity contribution in [3.63, 3.8) is 0 Å². The Balaban J connectivity index is 0.977. The number of carbonyl (C=O) groups is 4. The monoisotopic (exact) mass is 744 g/mol. The number of carbonyl (C=O) groups excluding carboxylic acids is 4. The molecular weight excluding hydrogens is 700 g/mol. The predicted molar refractivity (Wildman–Crippen MR) is 196 cm³/mol. The lowest BCUT2D eigenvalue weighted by Crippen LogP contribution is -2.44. The average Bonchev–Trinajstić information content (AvgIpc) is 3.83. The second-order valence-corrected chi connectivity index (χ2v) is 14.7. The minimum absolute atomic E-state index is 0.00610. The summed E-state index contributed by atoms with van der Waals surface area (Å²) in [6.45, 7) is 2.45. The first-order chi connectivity index (χ1) is 24.4. The first kappa shape index (κ1) is 37.8. The SMILES string of the molecule is O=C(CCCC[C@@H]1SC[C@@H]2NC(=O)N[C@@H]21)NCCOCCOCCCN(C(=O)CCl)C(C(=O)NCc1ccccc1)c1nc2ccccc2s1. The van der Waals surface area contributed by atoms with Crippen molar-refractivity contribution < 1.29 is 28.7 Å². The molecule has 5 amide bonds. The van der Waals surface area contributed by atoms with E-state index in [9.17, 15) is 19.2 Å². The van der Waals surface area contributed by atoms with Gasteiger partial charge in [0.15, 0.2) is 6.04 Å². The summed E-state index contributed by atoms with van der Waals surface area (Å²) in [5.41, 5.74) is 1.71. The molecule has 2 aromatic carbocycles. The second kappa shape index (κ2) is 19.8. The zero-order valence-electron chi connectivity index (χ0n) is 27.9. The maximum Gasteiger partial charge on any atom is 0.315 e. The molecule has 2 aliphatic heterocycles. The lowest BCUT2D eigenvalue weighted by Gasteiger charge is -2.29. The Morgan fingerprint density at radius 2 is 1.74 bits per heavy atom. The van der Waals surface area contributed by atoms with E-state index in [1.807, 2.05) is 66.4 Å². The number of fused-ring (bicyclic) bond motifs is 2. The molecule has 0 saturated carbocycles. The number of para-hydroxylation sites is 1. The first-order valence-corrected chi connectivity index (χ1v) is 19.5. The van der Waals surface area contributed by atoms with E-state index >= 15 is 0 Å². The second-order valence-electron chi connectivity index (χ2n) is 12.1. The van der Waals surface area contributed by atoms with Crippen LogP contribution in [0.3, 0.4) is 0 Å². The van der Waals surface area contributed by atoms with Gasteiger partial charge in [-0.3, -0.25) is 14.4 Å². The Hall–Kier alpha value is -3.43. The van der Waals surface area contributed by atoms with E-state index in [-0.39, 0.29) is 48.3 Å². The normalized spacial score (nSPS) is 18.7. The van der Waals surface area contributed by atoms with Gasteiger partial charge in [-0.1, -0.05) is 48.9 Å². The van der Waals surface area contributed by atoms with Crippen LogP contribution < -0.4 is 21.3 Å². The van der Waals surface area contributed by atoms with E-state index in [0.717, 1.165) is 40.8 Å². The molecule has 1 aromatic heterocycles. The van der Waals surface area contributed by atoms with Crippen LogP contribution >= 0.6 is 34.7 Å². The minimum Gasteiger partial charge on any atom is -0.379 e. The highest BCUT2D eigenvalue weighted by Gasteiger charge is 2.42. The van der Waals surface area contributed by atoms with E-state index in [1.54, 1.807) is 0 Å². The molecule has 4 atom stereocenters. The van der Waals surface area contributed by atoms with Gasteiger partial charge < -0.3 is 35.6 Å². The zero-order chi connectivity index (χ0) is 35.1. The standard InChI is InChI=1S/C35H45ClN6O6S2/c36-21-30(44)42(32(33(45)38-22-24-9-2-1-3-10-24)34-39-25-11-4-5-12-27(25)50-34)16-8-17-47-19-20-48-18-15-37-29(43)14-7-6-13-28-31-26(23-49-28)40-35(46)41-31/h1-5,9-12,26,28,31-32H,6-8,13-23H2,(H,37,43)(H,38,45)(H2,40,41,46)/t26-,28-,31-,32?/m0/s1. The fourth-order valence-electron chi connectivity index (χ4n) is 6.03. The summed E-state index contributed by atoms with van der Waals surface area (Å²) < 4.78 is 12.3. The van der Waals surface area contributed by atoms with E-state index in [2.05, 4.69) is 21.3 Å². The molecule has 4 N–H and O–H groups in total. The molecule has 0 radical (unpaired) electrons. The Bertz CT molecular complexity index is 1530. The molecule has 50 heavy (non-hydrogen) atoms. The van der Waals surface area contributed by atoms with E-state index in [4.69, 9.17) is 26.1 Å². The summed E-state index contributed by atoms with van der Waals surface area (Å²) in [7, 11) is 0. The molecule has 3 aromatic rings. The summed E-state index contributed by atoms with van der Waals surface area (Å²) in [6, 6.07) is 16.6. The van der Waals surface area contributed by atoms with Gasteiger partial charge in [0.2, 0.25) is 17.7 Å². The largest absolute Gasteiger partial charge is 0.379 e. The van der Waals surface area contributed by atoms with Crippen molar-refractivity contribution >= 4 is 68.7 Å². The number of unbranched alkanes of at least 4 members (excludes halogenated alkanes) is 1. The van der Waals surface area contributed by atoms with Crippen LogP contribution in [0.2, 0.25) is 0 Å². The van der Waals surface area contributed by atoms with Gasteiger partial charge >= 0.3 is 6.03 Å². The highest BCUT2D eigenvalue weighted by Crippen LogP contribution is 2.33. The van der Waals surface area contributed by atoms with Crippen LogP contribution in [0.25, 0.3) is 10.2 Å². The number of benzene rings is 2. The number of urea groups is 1. The summed E-state index contributed by atoms with van der Waals surface area (Å²) in [5, 5.41) is 12.8. The van der Waals surface area contributed by atoms with Gasteiger partial charge in [0.1, 0.15) is 10.9 Å². The predicted octanol–water partition coefficient (Wildman–Crippen LogP) is 3.99. The van der Waals surface area contributed by atoms with Crippen LogP contribution in [-0.4, -0.2) is 102 Å². The van der Waals surface area contributed by atoms with Gasteiger partial charge in [-0.05, 0) is 37.0 Å². The maximum atomic E-state index is 13.6. The number of nitrogens with one attached hydrogen (secondary N) is 4. The van der Waals surface area contributed by atoms with Crippen LogP contribution in [-0.2, 0) is 30.4 Å². The van der Waals surface area contributed by atoms with Crippen molar-refractivity contribution in [2.45, 2.75) is 62.0 Å². The fourth-order valence-corrected chi connectivity index (χ4v) is 8.81. The minimum atomic E-state index is -0.936. The van der Waals surface area contributed by atoms with E-state index < -0.39 is 6.04 Å². The van der Waals surface area contributed by atoms with Crippen LogP contribution in [0.1, 0.15) is 48.7 Å². The van der Waals surface area contributed by atoms with Crippen molar-refractivity contribution in [3.8, 4) is 0 Å². The van der Waals surface area contributed by atoms with Crippen LogP contribution in [0.15, 0.2) is 54.6 Å². The molecule has 2 saturated heterocycles. The number of alkyl halides is 1. The summed E-state index contributed by atoms with van der Waals surface area (Å²) in [5.74, 6) is -0.00859. The smallest absolute Gasteiger partial charge is 0.315 e. The van der Waals surface area contributed by atoms with Gasteiger partial charge in [-0.25, -0.2) is 9.78 Å². The van der Waals surface area contributed by atoms with Crippen LogP contribution in [0.5, 0.6) is 0 Å². The van der Waals surface area contributed by atoms with Gasteiger partial charge in [0.05, 0.1) is 42.1 Å². The number of rotatable bonds is 21. The van der Waals surface area contributed by atoms with Crippen molar-refractivity contribution in [1.29, 1.82) is 0 Å². The highest BCUT2D eigenvalue weighted by atomic mass is 35.5. The molecule has 270 valence electrons. The van der Waals surface area contributed by atoms with Crippen molar-refractivity contribution in [1.82, 2.24) is 31.2 Å². The summed E-state index contributed by atoms with van der Waals surface area (Å²) >= 11 is 9.30. The van der Waals surface area contributed by atoms with E-state index in [1.165, 1.54) is 16.2 Å². The lowest BCUT2D eigenvalue weighted by molar-refractivity contribution is -0.139. The number of aromatic nitrogens is 1. The molecule has 5 rings (SSSR count). The van der Waals surface area contributed by atoms with Crippen LogP contribution in [0.4, 0.5) is 4.79 Å². The number of hydrogen-bond donors (Lipinski definition) is 4. The quantitative estimate of drug-likeness (QED) is 0.0727. The van der Waals surface area contributed by atoms with Gasteiger partial charge in [0.25, 0.3) is 0 Å². The van der Waals surface area contributed by atoms with E-state index in [0.29, 0.717) is 62.6 Å². The van der Waals surface area contributed by atoms with Crippen molar-refractivity contribution in [2.75, 3.05) is 51.1 Å². The third-order valence-electron chi connectivity index (χ3n) is 8.56. The average molecular weight is 745 g/mol. The van der Waals surface area contributed by atoms with Gasteiger partial charge in [-0.2, -0.15) is 11.8 Å². The van der Waals surface area contributed by atoms with Crippen molar-refractivity contribution in [3.05, 3.63) is 65.2 Å². The van der Waals surface area contributed by atoms with Crippen LogP contribution in [0, 0.1) is 0 Å². The first-order valence-electron chi connectivity index (χ1n) is 17.1. The number of thioether (sulfide) groups is 1. The highest BCUT2D eigenvalue weighted by molar-refractivity contribution is 8.00. The molecule has 0 aliphatic carbocycles. The molecule has 12 nitrogen and oxygen atoms in total. The molecule has 0 spiro atoms. The fraction of sp³-hybridized carbons (Fsp3) is 0.514. The molecule has 2 fully saturated rings. The molecular formula is C35H45ClN6O6S2. The number of amides is 5.